The van der Waals surface area contributed by atoms with Crippen LogP contribution in [0.5, 0.6) is 0 Å². The van der Waals surface area contributed by atoms with Gasteiger partial charge in [0, 0.05) is 18.1 Å². The van der Waals surface area contributed by atoms with Gasteiger partial charge in [-0.1, -0.05) is 37.6 Å². The summed E-state index contributed by atoms with van der Waals surface area (Å²) in [6.07, 6.45) is 11.2. The van der Waals surface area contributed by atoms with Crippen molar-refractivity contribution in [3.63, 3.8) is 0 Å². The Labute approximate surface area is 230 Å². The summed E-state index contributed by atoms with van der Waals surface area (Å²) in [6, 6.07) is 8.91. The van der Waals surface area contributed by atoms with Gasteiger partial charge in [-0.2, -0.15) is 0 Å². The number of aromatic nitrogens is 2. The Morgan fingerprint density at radius 2 is 1.85 bits per heavy atom. The molecule has 3 saturated carbocycles. The fourth-order valence-electron chi connectivity index (χ4n) is 8.63. The summed E-state index contributed by atoms with van der Waals surface area (Å²) in [6.45, 7) is 7.27. The standard InChI is InChI=1S/C31H42N4O4/c1-19(33-39-18-28(36)37)29-30(38)35(27-10-5-4-9-26(27)32-29)24-16-22-7-6-8-23(17-24)34(22)14-13-20-11-12-21-15-25(20)31(21,2)3/h4-5,9-10,20-25H,6-8,11-18H2,1-3H3,(H,36,37)/b33-19+/t20?,21-,22-,23+,24?,25-/m0/s1. The number of rotatable bonds is 8. The molecule has 7 rings (SSSR count). The van der Waals surface area contributed by atoms with E-state index in [4.69, 9.17) is 9.94 Å². The summed E-state index contributed by atoms with van der Waals surface area (Å²) in [5.74, 6) is 1.60. The number of piperidine rings is 2. The highest BCUT2D eigenvalue weighted by Crippen LogP contribution is 2.62. The summed E-state index contributed by atoms with van der Waals surface area (Å²) in [5, 5.41) is 12.8. The monoisotopic (exact) mass is 534 g/mol. The van der Waals surface area contributed by atoms with Gasteiger partial charge in [-0.25, -0.2) is 9.78 Å². The van der Waals surface area contributed by atoms with Crippen LogP contribution < -0.4 is 5.56 Å². The maximum absolute atomic E-state index is 13.9. The van der Waals surface area contributed by atoms with Crippen LogP contribution in [0.2, 0.25) is 0 Å². The zero-order valence-electron chi connectivity index (χ0n) is 23.5. The van der Waals surface area contributed by atoms with Crippen molar-refractivity contribution in [2.24, 2.45) is 28.3 Å². The van der Waals surface area contributed by atoms with Crippen LogP contribution in [0.4, 0.5) is 0 Å². The number of nitrogens with zero attached hydrogens (tertiary/aromatic N) is 4. The fourth-order valence-corrected chi connectivity index (χ4v) is 8.63. The van der Waals surface area contributed by atoms with E-state index >= 15 is 0 Å². The summed E-state index contributed by atoms with van der Waals surface area (Å²) in [5.41, 5.74) is 2.48. The van der Waals surface area contributed by atoms with E-state index in [1.54, 1.807) is 6.92 Å². The van der Waals surface area contributed by atoms with E-state index in [2.05, 4.69) is 28.9 Å². The van der Waals surface area contributed by atoms with Crippen LogP contribution in [-0.4, -0.2) is 56.5 Å². The number of carboxylic acid groups (broad SMARTS) is 1. The van der Waals surface area contributed by atoms with Crippen LogP contribution in [0.15, 0.2) is 34.2 Å². The highest BCUT2D eigenvalue weighted by molar-refractivity contribution is 5.97. The highest BCUT2D eigenvalue weighted by atomic mass is 16.6. The van der Waals surface area contributed by atoms with Crippen molar-refractivity contribution < 1.29 is 14.7 Å². The SMILES string of the molecule is C/C(=N\OCC(=O)O)c1nc2ccccc2n(C2C[C@H]3CCC[C@@H](C2)N3CCC2CC[C@H]3C[C@@H]2C3(C)C)c1=O. The van der Waals surface area contributed by atoms with Gasteiger partial charge in [0.15, 0.2) is 5.69 Å². The van der Waals surface area contributed by atoms with E-state index < -0.39 is 12.6 Å². The molecule has 5 aliphatic rings. The van der Waals surface area contributed by atoms with E-state index in [1.165, 1.54) is 51.5 Å². The van der Waals surface area contributed by atoms with Gasteiger partial charge in [-0.3, -0.25) is 9.69 Å². The van der Waals surface area contributed by atoms with Crippen molar-refractivity contribution in [3.8, 4) is 0 Å². The van der Waals surface area contributed by atoms with Gasteiger partial charge in [-0.15, -0.1) is 0 Å². The molecule has 8 nitrogen and oxygen atoms in total. The molecule has 8 heteroatoms. The highest BCUT2D eigenvalue weighted by Gasteiger charge is 2.54. The number of carbonyl (C=O) groups is 1. The van der Waals surface area contributed by atoms with E-state index in [0.717, 1.165) is 41.6 Å². The van der Waals surface area contributed by atoms with Crippen molar-refractivity contribution in [1.82, 2.24) is 14.5 Å². The van der Waals surface area contributed by atoms with E-state index in [0.29, 0.717) is 23.2 Å². The Hall–Kier alpha value is -2.74. The number of hydrogen-bond acceptors (Lipinski definition) is 6. The maximum atomic E-state index is 13.9. The zero-order valence-corrected chi connectivity index (χ0v) is 23.5. The van der Waals surface area contributed by atoms with Crippen LogP contribution in [0.3, 0.4) is 0 Å². The lowest BCUT2D eigenvalue weighted by atomic mass is 9.45. The molecule has 1 aromatic carbocycles. The number of fused-ring (bicyclic) bond motifs is 5. The molecule has 2 aliphatic heterocycles. The minimum Gasteiger partial charge on any atom is -0.479 e. The Morgan fingerprint density at radius 3 is 2.54 bits per heavy atom. The first-order valence-corrected chi connectivity index (χ1v) is 14.9. The molecule has 2 unspecified atom stereocenters. The first-order chi connectivity index (χ1) is 18.7. The Kier molecular flexibility index (Phi) is 7.02. The van der Waals surface area contributed by atoms with Crippen molar-refractivity contribution in [3.05, 3.63) is 40.3 Å². The molecule has 5 fully saturated rings. The molecule has 0 radical (unpaired) electrons. The molecule has 4 bridgehead atoms. The third-order valence-corrected chi connectivity index (χ3v) is 10.8. The van der Waals surface area contributed by atoms with Crippen molar-refractivity contribution in [1.29, 1.82) is 0 Å². The number of hydrogen-bond donors (Lipinski definition) is 1. The molecule has 6 atom stereocenters. The minimum atomic E-state index is -1.11. The number of oxime groups is 1. The van der Waals surface area contributed by atoms with E-state index in [-0.39, 0.29) is 17.3 Å². The van der Waals surface area contributed by atoms with Crippen molar-refractivity contribution in [2.75, 3.05) is 13.2 Å². The largest absolute Gasteiger partial charge is 0.479 e. The molecule has 1 aromatic heterocycles. The Balaban J connectivity index is 1.24. The summed E-state index contributed by atoms with van der Waals surface area (Å²) >= 11 is 0. The summed E-state index contributed by atoms with van der Waals surface area (Å²) in [7, 11) is 0. The first-order valence-electron chi connectivity index (χ1n) is 14.9. The second kappa shape index (κ2) is 10.3. The smallest absolute Gasteiger partial charge is 0.344 e. The number of carboxylic acids is 1. The van der Waals surface area contributed by atoms with Crippen LogP contribution in [0.1, 0.15) is 90.3 Å². The lowest BCUT2D eigenvalue weighted by Gasteiger charge is -2.60. The first kappa shape index (κ1) is 26.5. The molecule has 0 spiro atoms. The average molecular weight is 535 g/mol. The molecule has 0 amide bonds. The minimum absolute atomic E-state index is 0.101. The summed E-state index contributed by atoms with van der Waals surface area (Å²) in [4.78, 5) is 37.1. The van der Waals surface area contributed by atoms with Gasteiger partial charge in [-0.05, 0) is 100 Å². The van der Waals surface area contributed by atoms with Crippen LogP contribution in [0.25, 0.3) is 11.0 Å². The third kappa shape index (κ3) is 4.79. The lowest BCUT2D eigenvalue weighted by Crippen LogP contribution is -2.55. The van der Waals surface area contributed by atoms with Crippen molar-refractivity contribution >= 4 is 22.7 Å². The lowest BCUT2D eigenvalue weighted by molar-refractivity contribution is -0.142. The molecule has 3 heterocycles. The van der Waals surface area contributed by atoms with Gasteiger partial charge < -0.3 is 14.5 Å². The molecule has 39 heavy (non-hydrogen) atoms. The second-order valence-electron chi connectivity index (χ2n) is 13.1. The van der Waals surface area contributed by atoms with Gasteiger partial charge in [0.05, 0.1) is 11.0 Å². The van der Waals surface area contributed by atoms with Crippen LogP contribution in [0, 0.1) is 23.2 Å². The molecule has 3 aliphatic carbocycles. The number of para-hydroxylation sites is 2. The maximum Gasteiger partial charge on any atom is 0.344 e. The van der Waals surface area contributed by atoms with Crippen LogP contribution >= 0.6 is 0 Å². The topological polar surface area (TPSA) is 97.0 Å². The van der Waals surface area contributed by atoms with Gasteiger partial charge in [0.25, 0.3) is 5.56 Å². The van der Waals surface area contributed by atoms with E-state index in [1.807, 2.05) is 28.8 Å². The predicted molar refractivity (Wildman–Crippen MR) is 151 cm³/mol. The second-order valence-corrected chi connectivity index (χ2v) is 13.1. The van der Waals surface area contributed by atoms with Gasteiger partial charge in [0.1, 0.15) is 5.71 Å². The molecule has 2 saturated heterocycles. The molecular weight excluding hydrogens is 492 g/mol. The van der Waals surface area contributed by atoms with Gasteiger partial charge in [0.2, 0.25) is 6.61 Å². The predicted octanol–water partition coefficient (Wildman–Crippen LogP) is 5.24. The van der Waals surface area contributed by atoms with Crippen molar-refractivity contribution in [2.45, 2.75) is 96.7 Å². The van der Waals surface area contributed by atoms with Gasteiger partial charge >= 0.3 is 5.97 Å². The quantitative estimate of drug-likeness (QED) is 0.367. The normalized spacial score (nSPS) is 32.0. The molecule has 1 N–H and O–H groups in total. The van der Waals surface area contributed by atoms with Crippen LogP contribution in [-0.2, 0) is 9.63 Å². The zero-order chi connectivity index (χ0) is 27.3. The Bertz CT molecular complexity index is 1320. The fraction of sp³-hybridized carbons (Fsp3) is 0.677. The molecule has 210 valence electrons. The third-order valence-electron chi connectivity index (χ3n) is 10.8. The Morgan fingerprint density at radius 1 is 1.10 bits per heavy atom. The molecular formula is C31H42N4O4. The number of benzene rings is 1. The molecule has 2 aromatic rings. The summed E-state index contributed by atoms with van der Waals surface area (Å²) < 4.78 is 1.95. The van der Waals surface area contributed by atoms with E-state index in [9.17, 15) is 9.59 Å². The average Bonchev–Trinajstić information content (AvgIpc) is 2.91. The number of aliphatic carboxylic acids is 1.